The van der Waals surface area contributed by atoms with Crippen LogP contribution in [-0.2, 0) is 4.74 Å². The molecule has 0 rings (SSSR count). The van der Waals surface area contributed by atoms with Crippen molar-refractivity contribution in [3.63, 3.8) is 0 Å². The summed E-state index contributed by atoms with van der Waals surface area (Å²) in [5, 5.41) is 0. The quantitative estimate of drug-likeness (QED) is 0.584. The minimum Gasteiger partial charge on any atom is -0.466 e. The predicted octanol–water partition coefficient (Wildman–Crippen LogP) is 4.12. The second-order valence-corrected chi connectivity index (χ2v) is 5.45. The summed E-state index contributed by atoms with van der Waals surface area (Å²) in [6, 6.07) is 0. The van der Waals surface area contributed by atoms with E-state index in [0.29, 0.717) is 0 Å². The van der Waals surface area contributed by atoms with Gasteiger partial charge in [0.25, 0.3) is 0 Å². The first-order valence-electron chi connectivity index (χ1n) is 4.62. The number of ether oxygens (including phenoxy) is 1. The van der Waals surface area contributed by atoms with Gasteiger partial charge in [-0.2, -0.15) is 0 Å². The molecule has 0 bridgehead atoms. The average Bonchev–Trinajstić information content (AvgIpc) is 1.82. The SMILES string of the molecule is C=C(OC(=C)C(C)(C)C)C(C)(C)C. The van der Waals surface area contributed by atoms with Crippen molar-refractivity contribution in [2.75, 3.05) is 0 Å². The predicted molar refractivity (Wildman–Crippen MR) is 58.3 cm³/mol. The second kappa shape index (κ2) is 3.57. The van der Waals surface area contributed by atoms with Crippen molar-refractivity contribution in [3.8, 4) is 0 Å². The summed E-state index contributed by atoms with van der Waals surface area (Å²) in [5.74, 6) is 1.54. The molecule has 76 valence electrons. The summed E-state index contributed by atoms with van der Waals surface area (Å²) in [6.45, 7) is 20.2. The standard InChI is InChI=1S/C12H22O/c1-9(11(3,4)5)13-10(2)12(6,7)8/h1-2H2,3-8H3. The molecule has 13 heavy (non-hydrogen) atoms. The van der Waals surface area contributed by atoms with E-state index in [9.17, 15) is 0 Å². The highest BCUT2D eigenvalue weighted by molar-refractivity contribution is 5.05. The van der Waals surface area contributed by atoms with Gasteiger partial charge in [-0.3, -0.25) is 0 Å². The zero-order chi connectivity index (χ0) is 10.9. The van der Waals surface area contributed by atoms with Gasteiger partial charge in [0.1, 0.15) is 11.5 Å². The summed E-state index contributed by atoms with van der Waals surface area (Å²) >= 11 is 0. The lowest BCUT2D eigenvalue weighted by atomic mass is 9.92. The highest BCUT2D eigenvalue weighted by Gasteiger charge is 2.22. The van der Waals surface area contributed by atoms with Gasteiger partial charge < -0.3 is 4.74 Å². The summed E-state index contributed by atoms with van der Waals surface area (Å²) in [5.41, 5.74) is -0.0393. The fourth-order valence-electron chi connectivity index (χ4n) is 0.455. The fourth-order valence-corrected chi connectivity index (χ4v) is 0.455. The monoisotopic (exact) mass is 182 g/mol. The molecule has 0 fully saturated rings. The Bertz CT molecular complexity index is 186. The van der Waals surface area contributed by atoms with E-state index in [-0.39, 0.29) is 10.8 Å². The molecule has 0 aliphatic rings. The Kier molecular flexibility index (Phi) is 3.37. The maximum Gasteiger partial charge on any atom is 0.102 e. The third kappa shape index (κ3) is 4.16. The molecule has 0 unspecified atom stereocenters. The van der Waals surface area contributed by atoms with Gasteiger partial charge in [-0.15, -0.1) is 0 Å². The first-order valence-corrected chi connectivity index (χ1v) is 4.62. The van der Waals surface area contributed by atoms with Gasteiger partial charge in [0.2, 0.25) is 0 Å². The van der Waals surface area contributed by atoms with Crippen LogP contribution in [0.2, 0.25) is 0 Å². The van der Waals surface area contributed by atoms with Crippen LogP contribution in [0.15, 0.2) is 24.7 Å². The van der Waals surface area contributed by atoms with E-state index < -0.39 is 0 Å². The van der Waals surface area contributed by atoms with Crippen LogP contribution in [-0.4, -0.2) is 0 Å². The Hall–Kier alpha value is -0.720. The van der Waals surface area contributed by atoms with Crippen molar-refractivity contribution < 1.29 is 4.74 Å². The van der Waals surface area contributed by atoms with Gasteiger partial charge in [0, 0.05) is 10.8 Å². The van der Waals surface area contributed by atoms with Crippen LogP contribution in [0, 0.1) is 10.8 Å². The van der Waals surface area contributed by atoms with Gasteiger partial charge in [0.05, 0.1) is 0 Å². The summed E-state index contributed by atoms with van der Waals surface area (Å²) < 4.78 is 5.59. The molecule has 1 nitrogen and oxygen atoms in total. The molecule has 0 aliphatic carbocycles. The topological polar surface area (TPSA) is 9.23 Å². The molecular weight excluding hydrogens is 160 g/mol. The smallest absolute Gasteiger partial charge is 0.102 e. The van der Waals surface area contributed by atoms with Crippen LogP contribution >= 0.6 is 0 Å². The zero-order valence-electron chi connectivity index (χ0n) is 9.82. The minimum absolute atomic E-state index is 0.0197. The van der Waals surface area contributed by atoms with Gasteiger partial charge in [-0.25, -0.2) is 0 Å². The molecule has 0 atom stereocenters. The average molecular weight is 182 g/mol. The molecule has 0 aromatic rings. The summed E-state index contributed by atoms with van der Waals surface area (Å²) in [6.07, 6.45) is 0. The normalized spacial score (nSPS) is 12.5. The van der Waals surface area contributed by atoms with Crippen molar-refractivity contribution in [1.82, 2.24) is 0 Å². The molecule has 0 aromatic carbocycles. The molecule has 0 spiro atoms. The minimum atomic E-state index is -0.0197. The van der Waals surface area contributed by atoms with E-state index in [1.165, 1.54) is 0 Å². The molecule has 0 aromatic heterocycles. The first-order chi connectivity index (χ1) is 5.55. The van der Waals surface area contributed by atoms with Crippen LogP contribution in [0.5, 0.6) is 0 Å². The van der Waals surface area contributed by atoms with Crippen molar-refractivity contribution in [1.29, 1.82) is 0 Å². The maximum atomic E-state index is 5.59. The maximum absolute atomic E-state index is 5.59. The Labute approximate surface area is 82.5 Å². The lowest BCUT2D eigenvalue weighted by molar-refractivity contribution is 0.168. The summed E-state index contributed by atoms with van der Waals surface area (Å²) in [7, 11) is 0. The van der Waals surface area contributed by atoms with E-state index >= 15 is 0 Å². The van der Waals surface area contributed by atoms with E-state index in [1.807, 2.05) is 0 Å². The molecule has 0 radical (unpaired) electrons. The number of allylic oxidation sites excluding steroid dienone is 2. The van der Waals surface area contributed by atoms with Gasteiger partial charge in [-0.1, -0.05) is 54.7 Å². The highest BCUT2D eigenvalue weighted by Crippen LogP contribution is 2.32. The second-order valence-electron chi connectivity index (χ2n) is 5.45. The van der Waals surface area contributed by atoms with Crippen molar-refractivity contribution in [2.24, 2.45) is 10.8 Å². The third-order valence-electron chi connectivity index (χ3n) is 1.92. The van der Waals surface area contributed by atoms with Gasteiger partial charge >= 0.3 is 0 Å². The largest absolute Gasteiger partial charge is 0.466 e. The van der Waals surface area contributed by atoms with Crippen LogP contribution in [0.1, 0.15) is 41.5 Å². The molecule has 0 amide bonds. The zero-order valence-corrected chi connectivity index (χ0v) is 9.82. The van der Waals surface area contributed by atoms with Crippen molar-refractivity contribution >= 4 is 0 Å². The van der Waals surface area contributed by atoms with E-state index in [1.54, 1.807) is 0 Å². The molecule has 0 heterocycles. The van der Waals surface area contributed by atoms with Crippen molar-refractivity contribution in [3.05, 3.63) is 24.7 Å². The van der Waals surface area contributed by atoms with E-state index in [4.69, 9.17) is 4.74 Å². The van der Waals surface area contributed by atoms with E-state index in [0.717, 1.165) is 11.5 Å². The van der Waals surface area contributed by atoms with Crippen LogP contribution in [0.25, 0.3) is 0 Å². The Balaban J connectivity index is 4.34. The lowest BCUT2D eigenvalue weighted by Gasteiger charge is -2.28. The summed E-state index contributed by atoms with van der Waals surface area (Å²) in [4.78, 5) is 0. The molecule has 0 saturated heterocycles. The van der Waals surface area contributed by atoms with Crippen LogP contribution < -0.4 is 0 Å². The van der Waals surface area contributed by atoms with Crippen LogP contribution in [0.3, 0.4) is 0 Å². The van der Waals surface area contributed by atoms with E-state index in [2.05, 4.69) is 54.7 Å². The van der Waals surface area contributed by atoms with Gasteiger partial charge in [-0.05, 0) is 0 Å². The highest BCUT2D eigenvalue weighted by atomic mass is 16.5. The lowest BCUT2D eigenvalue weighted by Crippen LogP contribution is -2.16. The Morgan fingerprint density at radius 3 is 1.15 bits per heavy atom. The molecular formula is C12H22O. The molecule has 0 aliphatic heterocycles. The third-order valence-corrected chi connectivity index (χ3v) is 1.92. The van der Waals surface area contributed by atoms with Gasteiger partial charge in [0.15, 0.2) is 0 Å². The Morgan fingerprint density at radius 1 is 0.769 bits per heavy atom. The fraction of sp³-hybridized carbons (Fsp3) is 0.667. The number of hydrogen-bond donors (Lipinski definition) is 0. The number of rotatable bonds is 2. The molecule has 0 saturated carbocycles. The van der Waals surface area contributed by atoms with Crippen LogP contribution in [0.4, 0.5) is 0 Å². The molecule has 1 heteroatoms. The Morgan fingerprint density at radius 2 is 1.00 bits per heavy atom. The molecule has 0 N–H and O–H groups in total. The van der Waals surface area contributed by atoms with Crippen molar-refractivity contribution in [2.45, 2.75) is 41.5 Å². The number of hydrogen-bond acceptors (Lipinski definition) is 1. The first kappa shape index (κ1) is 12.3.